The predicted octanol–water partition coefficient (Wildman–Crippen LogP) is 3.55. The highest BCUT2D eigenvalue weighted by Crippen LogP contribution is 2.35. The van der Waals surface area contributed by atoms with Crippen molar-refractivity contribution in [3.05, 3.63) is 28.5 Å². The van der Waals surface area contributed by atoms with Gasteiger partial charge in [-0.25, -0.2) is 12.8 Å². The molecule has 0 amide bonds. The molecule has 1 aliphatic rings. The smallest absolute Gasteiger partial charge is 0.207 e. The molecule has 0 bridgehead atoms. The summed E-state index contributed by atoms with van der Waals surface area (Å²) < 4.78 is 77.3. The maximum absolute atomic E-state index is 13.8. The minimum atomic E-state index is -4.32. The second-order valence-electron chi connectivity index (χ2n) is 4.79. The topological polar surface area (TPSA) is 37.4 Å². The molecular formula is C12H12BrF4NO2S. The van der Waals surface area contributed by atoms with Crippen LogP contribution in [0.15, 0.2) is 27.6 Å². The molecule has 1 saturated heterocycles. The van der Waals surface area contributed by atoms with Gasteiger partial charge in [0.25, 0.3) is 0 Å². The molecule has 0 saturated carbocycles. The molecule has 1 aromatic rings. The molecule has 0 unspecified atom stereocenters. The lowest BCUT2D eigenvalue weighted by Crippen LogP contribution is -2.42. The third-order valence-corrected chi connectivity index (χ3v) is 5.85. The normalized spacial score (nSPS) is 18.9. The van der Waals surface area contributed by atoms with Crippen molar-refractivity contribution >= 4 is 26.0 Å². The highest BCUT2D eigenvalue weighted by molar-refractivity contribution is 9.10. The average Bonchev–Trinajstić information content (AvgIpc) is 2.37. The van der Waals surface area contributed by atoms with Crippen molar-refractivity contribution in [3.8, 4) is 0 Å². The molecule has 21 heavy (non-hydrogen) atoms. The standard InChI is InChI=1S/C12H12BrF4NO2S/c13-9-1-2-11(10(14)7-9)21(19,20)18-5-3-8(4-6-18)12(15,16)17/h1-2,7-8H,3-6H2. The van der Waals surface area contributed by atoms with Crippen LogP contribution in [-0.2, 0) is 10.0 Å². The van der Waals surface area contributed by atoms with E-state index in [4.69, 9.17) is 0 Å². The molecule has 0 N–H and O–H groups in total. The Kier molecular flexibility index (Phi) is 4.65. The zero-order valence-electron chi connectivity index (χ0n) is 10.7. The van der Waals surface area contributed by atoms with Gasteiger partial charge < -0.3 is 0 Å². The lowest BCUT2D eigenvalue weighted by atomic mass is 9.98. The van der Waals surface area contributed by atoms with Gasteiger partial charge >= 0.3 is 6.18 Å². The van der Waals surface area contributed by atoms with Gasteiger partial charge in [-0.05, 0) is 31.0 Å². The molecule has 3 nitrogen and oxygen atoms in total. The van der Waals surface area contributed by atoms with Gasteiger partial charge in [0.15, 0.2) is 0 Å². The van der Waals surface area contributed by atoms with Crippen molar-refractivity contribution in [1.29, 1.82) is 0 Å². The monoisotopic (exact) mass is 389 g/mol. The van der Waals surface area contributed by atoms with E-state index < -0.39 is 32.8 Å². The molecule has 9 heteroatoms. The maximum Gasteiger partial charge on any atom is 0.391 e. The Bertz CT molecular complexity index is 625. The zero-order valence-corrected chi connectivity index (χ0v) is 13.1. The molecule has 0 radical (unpaired) electrons. The summed E-state index contributed by atoms with van der Waals surface area (Å²) >= 11 is 3.02. The highest BCUT2D eigenvalue weighted by atomic mass is 79.9. The van der Waals surface area contributed by atoms with E-state index in [2.05, 4.69) is 15.9 Å². The Balaban J connectivity index is 2.19. The number of piperidine rings is 1. The Hall–Kier alpha value is -0.670. The summed E-state index contributed by atoms with van der Waals surface area (Å²) in [4.78, 5) is -0.517. The van der Waals surface area contributed by atoms with Crippen LogP contribution in [0, 0.1) is 11.7 Å². The van der Waals surface area contributed by atoms with Crippen LogP contribution < -0.4 is 0 Å². The molecule has 2 rings (SSSR count). The molecule has 1 aromatic carbocycles. The largest absolute Gasteiger partial charge is 0.391 e. The van der Waals surface area contributed by atoms with Crippen LogP contribution in [0.2, 0.25) is 0 Å². The van der Waals surface area contributed by atoms with Crippen LogP contribution in [-0.4, -0.2) is 32.0 Å². The molecule has 1 fully saturated rings. The first kappa shape index (κ1) is 16.7. The van der Waals surface area contributed by atoms with Crippen molar-refractivity contribution in [2.24, 2.45) is 5.92 Å². The van der Waals surface area contributed by atoms with Crippen molar-refractivity contribution in [1.82, 2.24) is 4.31 Å². The number of nitrogens with zero attached hydrogens (tertiary/aromatic N) is 1. The van der Waals surface area contributed by atoms with E-state index in [-0.39, 0.29) is 25.9 Å². The number of hydrogen-bond acceptors (Lipinski definition) is 2. The van der Waals surface area contributed by atoms with Crippen molar-refractivity contribution in [2.75, 3.05) is 13.1 Å². The molecular weight excluding hydrogens is 378 g/mol. The van der Waals surface area contributed by atoms with Crippen LogP contribution in [0.4, 0.5) is 17.6 Å². The lowest BCUT2D eigenvalue weighted by Gasteiger charge is -2.32. The summed E-state index contributed by atoms with van der Waals surface area (Å²) in [5.74, 6) is -2.43. The van der Waals surface area contributed by atoms with Crippen LogP contribution in [0.3, 0.4) is 0 Å². The second-order valence-corrected chi connectivity index (χ2v) is 7.62. The fourth-order valence-corrected chi connectivity index (χ4v) is 4.10. The van der Waals surface area contributed by atoms with Gasteiger partial charge in [0, 0.05) is 17.6 Å². The number of benzene rings is 1. The van der Waals surface area contributed by atoms with E-state index in [1.54, 1.807) is 0 Å². The van der Waals surface area contributed by atoms with Gasteiger partial charge in [-0.3, -0.25) is 0 Å². The van der Waals surface area contributed by atoms with E-state index in [1.807, 2.05) is 0 Å². The van der Waals surface area contributed by atoms with Gasteiger partial charge in [-0.15, -0.1) is 0 Å². The van der Waals surface area contributed by atoms with E-state index >= 15 is 0 Å². The first-order valence-corrected chi connectivity index (χ1v) is 8.37. The summed E-state index contributed by atoms with van der Waals surface area (Å²) in [5, 5.41) is 0. The number of sulfonamides is 1. The quantitative estimate of drug-likeness (QED) is 0.725. The van der Waals surface area contributed by atoms with E-state index in [0.717, 1.165) is 16.4 Å². The maximum atomic E-state index is 13.8. The molecule has 0 aromatic heterocycles. The van der Waals surface area contributed by atoms with Crippen molar-refractivity contribution in [2.45, 2.75) is 23.9 Å². The summed E-state index contributed by atoms with van der Waals surface area (Å²) in [6.45, 7) is -0.524. The SMILES string of the molecule is O=S(=O)(c1ccc(Br)cc1F)N1CCC(C(F)(F)F)CC1. The first-order chi connectivity index (χ1) is 9.62. The van der Waals surface area contributed by atoms with Gasteiger partial charge in [-0.1, -0.05) is 15.9 Å². The Morgan fingerprint density at radius 2 is 1.76 bits per heavy atom. The molecule has 0 atom stereocenters. The van der Waals surface area contributed by atoms with Crippen LogP contribution in [0.1, 0.15) is 12.8 Å². The average molecular weight is 390 g/mol. The minimum Gasteiger partial charge on any atom is -0.207 e. The van der Waals surface area contributed by atoms with E-state index in [1.165, 1.54) is 6.07 Å². The second kappa shape index (κ2) is 5.85. The van der Waals surface area contributed by atoms with Gasteiger partial charge in [-0.2, -0.15) is 17.5 Å². The zero-order chi connectivity index (χ0) is 15.8. The fourth-order valence-electron chi connectivity index (χ4n) is 2.25. The number of hydrogen-bond donors (Lipinski definition) is 0. The fraction of sp³-hybridized carbons (Fsp3) is 0.500. The Labute approximate surface area is 128 Å². The number of halogens is 5. The van der Waals surface area contributed by atoms with Gasteiger partial charge in [0.2, 0.25) is 10.0 Å². The Morgan fingerprint density at radius 3 is 2.24 bits per heavy atom. The first-order valence-electron chi connectivity index (χ1n) is 6.14. The van der Waals surface area contributed by atoms with E-state index in [0.29, 0.717) is 4.47 Å². The molecule has 1 heterocycles. The molecule has 0 spiro atoms. The van der Waals surface area contributed by atoms with E-state index in [9.17, 15) is 26.0 Å². The number of rotatable bonds is 2. The summed E-state index contributed by atoms with van der Waals surface area (Å²) in [6.07, 6.45) is -4.93. The lowest BCUT2D eigenvalue weighted by molar-refractivity contribution is -0.182. The summed E-state index contributed by atoms with van der Waals surface area (Å²) in [5.41, 5.74) is 0. The van der Waals surface area contributed by atoms with Crippen LogP contribution >= 0.6 is 15.9 Å². The minimum absolute atomic E-state index is 0.262. The summed E-state index contributed by atoms with van der Waals surface area (Å²) in [7, 11) is -4.11. The third kappa shape index (κ3) is 3.57. The molecule has 0 aliphatic carbocycles. The van der Waals surface area contributed by atoms with Crippen molar-refractivity contribution in [3.63, 3.8) is 0 Å². The van der Waals surface area contributed by atoms with Crippen molar-refractivity contribution < 1.29 is 26.0 Å². The van der Waals surface area contributed by atoms with Crippen LogP contribution in [0.25, 0.3) is 0 Å². The predicted molar refractivity (Wildman–Crippen MR) is 71.6 cm³/mol. The van der Waals surface area contributed by atoms with Gasteiger partial charge in [0.1, 0.15) is 10.7 Å². The van der Waals surface area contributed by atoms with Gasteiger partial charge in [0.05, 0.1) is 5.92 Å². The Morgan fingerprint density at radius 1 is 1.19 bits per heavy atom. The highest BCUT2D eigenvalue weighted by Gasteiger charge is 2.43. The summed E-state index contributed by atoms with van der Waals surface area (Å²) in [6, 6.07) is 3.48. The number of alkyl halides is 3. The third-order valence-electron chi connectivity index (χ3n) is 3.43. The molecule has 118 valence electrons. The molecule has 1 aliphatic heterocycles. The van der Waals surface area contributed by atoms with Crippen LogP contribution in [0.5, 0.6) is 0 Å².